The predicted octanol–water partition coefficient (Wildman–Crippen LogP) is 2.66. The second kappa shape index (κ2) is 4.66. The average molecular weight is 225 g/mol. The summed E-state index contributed by atoms with van der Waals surface area (Å²) in [6.45, 7) is 8.62. The zero-order chi connectivity index (χ0) is 11.8. The van der Waals surface area contributed by atoms with E-state index < -0.39 is 0 Å². The van der Waals surface area contributed by atoms with Crippen LogP contribution in [0, 0.1) is 11.3 Å². The molecule has 2 rings (SSSR count). The number of fused-ring (bicyclic) bond motifs is 1. The van der Waals surface area contributed by atoms with Gasteiger partial charge in [0, 0.05) is 18.0 Å². The number of hydrogen-bond acceptors (Lipinski definition) is 2. The predicted molar refractivity (Wildman–Crippen MR) is 67.4 cm³/mol. The summed E-state index contributed by atoms with van der Waals surface area (Å²) in [6.07, 6.45) is 6.86. The maximum absolute atomic E-state index is 9.81. The minimum atomic E-state index is -0.213. The Kier molecular flexibility index (Phi) is 3.60. The number of nitrogens with zero attached hydrogens (tertiary/aromatic N) is 1. The lowest BCUT2D eigenvalue weighted by Crippen LogP contribution is -2.44. The van der Waals surface area contributed by atoms with Crippen LogP contribution < -0.4 is 0 Å². The van der Waals surface area contributed by atoms with Crippen molar-refractivity contribution >= 4 is 0 Å². The van der Waals surface area contributed by atoms with Gasteiger partial charge in [-0.15, -0.1) is 0 Å². The SMILES string of the molecule is CC(O)C(C)(C)CN1CCC2CCCCC21. The van der Waals surface area contributed by atoms with E-state index >= 15 is 0 Å². The molecule has 1 N–H and O–H groups in total. The van der Waals surface area contributed by atoms with E-state index in [9.17, 15) is 5.11 Å². The van der Waals surface area contributed by atoms with E-state index in [0.717, 1.165) is 18.5 Å². The Bertz CT molecular complexity index is 237. The zero-order valence-electron chi connectivity index (χ0n) is 11.1. The van der Waals surface area contributed by atoms with Gasteiger partial charge in [0.2, 0.25) is 0 Å². The summed E-state index contributed by atoms with van der Waals surface area (Å²) in [5, 5.41) is 9.81. The van der Waals surface area contributed by atoms with E-state index in [4.69, 9.17) is 0 Å². The maximum Gasteiger partial charge on any atom is 0.0575 e. The van der Waals surface area contributed by atoms with Crippen molar-refractivity contribution in [2.24, 2.45) is 11.3 Å². The topological polar surface area (TPSA) is 23.5 Å². The van der Waals surface area contributed by atoms with Crippen LogP contribution in [0.3, 0.4) is 0 Å². The summed E-state index contributed by atoms with van der Waals surface area (Å²) in [5.41, 5.74) is 0.0341. The largest absolute Gasteiger partial charge is 0.393 e. The average Bonchev–Trinajstić information content (AvgIpc) is 2.61. The summed E-state index contributed by atoms with van der Waals surface area (Å²) >= 11 is 0. The second-order valence-electron chi connectivity index (χ2n) is 6.54. The van der Waals surface area contributed by atoms with Gasteiger partial charge in [0.25, 0.3) is 0 Å². The highest BCUT2D eigenvalue weighted by Crippen LogP contribution is 2.38. The number of rotatable bonds is 3. The van der Waals surface area contributed by atoms with Crippen molar-refractivity contribution in [2.45, 2.75) is 65.0 Å². The van der Waals surface area contributed by atoms with Crippen LogP contribution in [0.15, 0.2) is 0 Å². The van der Waals surface area contributed by atoms with Gasteiger partial charge in [0.1, 0.15) is 0 Å². The highest BCUT2D eigenvalue weighted by atomic mass is 16.3. The number of aliphatic hydroxyl groups excluding tert-OH is 1. The van der Waals surface area contributed by atoms with Gasteiger partial charge in [-0.05, 0) is 38.6 Å². The number of likely N-dealkylation sites (tertiary alicyclic amines) is 1. The minimum absolute atomic E-state index is 0.0341. The van der Waals surface area contributed by atoms with Gasteiger partial charge in [-0.2, -0.15) is 0 Å². The fraction of sp³-hybridized carbons (Fsp3) is 1.00. The lowest BCUT2D eigenvalue weighted by molar-refractivity contribution is 0.0247. The third-order valence-electron chi connectivity index (χ3n) is 4.87. The molecular formula is C14H27NO. The maximum atomic E-state index is 9.81. The third-order valence-corrected chi connectivity index (χ3v) is 4.87. The number of hydrogen-bond donors (Lipinski definition) is 1. The minimum Gasteiger partial charge on any atom is -0.393 e. The van der Waals surface area contributed by atoms with Crippen molar-refractivity contribution in [3.63, 3.8) is 0 Å². The van der Waals surface area contributed by atoms with Crippen LogP contribution in [-0.4, -0.2) is 35.2 Å². The van der Waals surface area contributed by atoms with Gasteiger partial charge >= 0.3 is 0 Å². The van der Waals surface area contributed by atoms with Crippen LogP contribution in [0.25, 0.3) is 0 Å². The Morgan fingerprint density at radius 1 is 1.25 bits per heavy atom. The number of aliphatic hydroxyl groups is 1. The summed E-state index contributed by atoms with van der Waals surface area (Å²) in [7, 11) is 0. The first-order valence-corrected chi connectivity index (χ1v) is 6.93. The Morgan fingerprint density at radius 3 is 2.62 bits per heavy atom. The quantitative estimate of drug-likeness (QED) is 0.798. The van der Waals surface area contributed by atoms with Crippen LogP contribution >= 0.6 is 0 Å². The zero-order valence-corrected chi connectivity index (χ0v) is 11.1. The van der Waals surface area contributed by atoms with Crippen molar-refractivity contribution < 1.29 is 5.11 Å². The Balaban J connectivity index is 1.95. The summed E-state index contributed by atoms with van der Waals surface area (Å²) in [5.74, 6) is 0.957. The van der Waals surface area contributed by atoms with Crippen molar-refractivity contribution in [1.29, 1.82) is 0 Å². The van der Waals surface area contributed by atoms with Gasteiger partial charge < -0.3 is 5.11 Å². The van der Waals surface area contributed by atoms with E-state index in [0.29, 0.717) is 0 Å². The van der Waals surface area contributed by atoms with Crippen LogP contribution in [0.4, 0.5) is 0 Å². The lowest BCUT2D eigenvalue weighted by Gasteiger charge is -2.38. The fourth-order valence-electron chi connectivity index (χ4n) is 3.35. The molecule has 2 fully saturated rings. The van der Waals surface area contributed by atoms with Gasteiger partial charge in [-0.25, -0.2) is 0 Å². The van der Waals surface area contributed by atoms with E-state index in [-0.39, 0.29) is 11.5 Å². The van der Waals surface area contributed by atoms with Crippen molar-refractivity contribution in [3.05, 3.63) is 0 Å². The summed E-state index contributed by atoms with van der Waals surface area (Å²) in [4.78, 5) is 2.65. The molecule has 16 heavy (non-hydrogen) atoms. The highest BCUT2D eigenvalue weighted by molar-refractivity contribution is 4.92. The Labute approximate surface area is 100 Å². The molecule has 2 aliphatic rings. The second-order valence-corrected chi connectivity index (χ2v) is 6.54. The standard InChI is InChI=1S/C14H27NO/c1-11(16)14(2,3)10-15-9-8-12-6-4-5-7-13(12)15/h11-13,16H,4-10H2,1-3H3. The van der Waals surface area contributed by atoms with E-state index in [2.05, 4.69) is 18.7 Å². The molecule has 94 valence electrons. The van der Waals surface area contributed by atoms with Crippen LogP contribution in [0.1, 0.15) is 52.9 Å². The summed E-state index contributed by atoms with van der Waals surface area (Å²) < 4.78 is 0. The van der Waals surface area contributed by atoms with Gasteiger partial charge in [-0.3, -0.25) is 4.90 Å². The molecule has 0 radical (unpaired) electrons. The van der Waals surface area contributed by atoms with Gasteiger partial charge in [-0.1, -0.05) is 26.7 Å². The van der Waals surface area contributed by atoms with Crippen LogP contribution in [-0.2, 0) is 0 Å². The van der Waals surface area contributed by atoms with Crippen molar-refractivity contribution in [2.75, 3.05) is 13.1 Å². The third kappa shape index (κ3) is 2.43. The van der Waals surface area contributed by atoms with Gasteiger partial charge in [0.15, 0.2) is 0 Å². The first-order valence-electron chi connectivity index (χ1n) is 6.93. The molecule has 3 unspecified atom stereocenters. The molecule has 1 aliphatic heterocycles. The molecule has 3 atom stereocenters. The smallest absolute Gasteiger partial charge is 0.0575 e. The molecule has 0 aromatic rings. The monoisotopic (exact) mass is 225 g/mol. The van der Waals surface area contributed by atoms with Crippen LogP contribution in [0.2, 0.25) is 0 Å². The van der Waals surface area contributed by atoms with E-state index in [1.165, 1.54) is 38.6 Å². The van der Waals surface area contributed by atoms with Gasteiger partial charge in [0.05, 0.1) is 6.10 Å². The van der Waals surface area contributed by atoms with Crippen molar-refractivity contribution in [1.82, 2.24) is 4.90 Å². The Morgan fingerprint density at radius 2 is 1.94 bits per heavy atom. The molecule has 2 heteroatoms. The molecule has 1 saturated carbocycles. The first-order chi connectivity index (χ1) is 7.50. The molecule has 0 amide bonds. The van der Waals surface area contributed by atoms with E-state index in [1.54, 1.807) is 0 Å². The highest BCUT2D eigenvalue weighted by Gasteiger charge is 2.38. The molecule has 0 bridgehead atoms. The van der Waals surface area contributed by atoms with Crippen LogP contribution in [0.5, 0.6) is 0 Å². The molecular weight excluding hydrogens is 198 g/mol. The molecule has 0 spiro atoms. The molecule has 1 saturated heterocycles. The normalized spacial score (nSPS) is 33.8. The molecule has 0 aromatic carbocycles. The molecule has 1 heterocycles. The molecule has 0 aromatic heterocycles. The lowest BCUT2D eigenvalue weighted by atomic mass is 9.83. The Hall–Kier alpha value is -0.0800. The first kappa shape index (κ1) is 12.4. The molecule has 1 aliphatic carbocycles. The van der Waals surface area contributed by atoms with Crippen molar-refractivity contribution in [3.8, 4) is 0 Å². The summed E-state index contributed by atoms with van der Waals surface area (Å²) in [6, 6.07) is 0.826. The fourth-order valence-corrected chi connectivity index (χ4v) is 3.35. The van der Waals surface area contributed by atoms with E-state index in [1.807, 2.05) is 6.92 Å². The molecule has 2 nitrogen and oxygen atoms in total.